The zero-order chi connectivity index (χ0) is 12.4. The Morgan fingerprint density at radius 2 is 2.29 bits per heavy atom. The predicted molar refractivity (Wildman–Crippen MR) is 64.7 cm³/mol. The van der Waals surface area contributed by atoms with Gasteiger partial charge < -0.3 is 14.7 Å². The summed E-state index contributed by atoms with van der Waals surface area (Å²) in [6, 6.07) is 5.12. The summed E-state index contributed by atoms with van der Waals surface area (Å²) >= 11 is 0. The number of hydrogen-bond acceptors (Lipinski definition) is 3. The molecule has 0 aromatic heterocycles. The van der Waals surface area contributed by atoms with Crippen LogP contribution in [0.15, 0.2) is 18.2 Å². The van der Waals surface area contributed by atoms with E-state index in [2.05, 4.69) is 4.90 Å². The number of aliphatic hydroxyl groups is 1. The van der Waals surface area contributed by atoms with Crippen molar-refractivity contribution in [2.24, 2.45) is 0 Å². The minimum absolute atomic E-state index is 0.197. The second kappa shape index (κ2) is 5.02. The number of ether oxygens (including phenoxy) is 1. The third-order valence-corrected chi connectivity index (χ3v) is 3.12. The van der Waals surface area contributed by atoms with Gasteiger partial charge in [0.25, 0.3) is 0 Å². The fourth-order valence-electron chi connectivity index (χ4n) is 2.27. The zero-order valence-corrected chi connectivity index (χ0v) is 10.2. The first-order chi connectivity index (χ1) is 8.11. The fraction of sp³-hybridized carbons (Fsp3) is 0.538. The van der Waals surface area contributed by atoms with Gasteiger partial charge in [0, 0.05) is 23.8 Å². The highest BCUT2D eigenvalue weighted by molar-refractivity contribution is 5.56. The number of halogens is 1. The van der Waals surface area contributed by atoms with Crippen molar-refractivity contribution in [1.82, 2.24) is 0 Å². The summed E-state index contributed by atoms with van der Waals surface area (Å²) in [5.41, 5.74) is 1.15. The summed E-state index contributed by atoms with van der Waals surface area (Å²) in [7, 11) is 0. The van der Waals surface area contributed by atoms with Crippen LogP contribution in [-0.4, -0.2) is 30.9 Å². The summed E-state index contributed by atoms with van der Waals surface area (Å²) in [6.45, 7) is 5.63. The Kier molecular flexibility index (Phi) is 3.64. The summed E-state index contributed by atoms with van der Waals surface area (Å²) in [6.07, 6.45) is -0.804. The molecule has 1 heterocycles. The Morgan fingerprint density at radius 1 is 1.53 bits per heavy atom. The molecule has 1 aliphatic rings. The summed E-state index contributed by atoms with van der Waals surface area (Å²) in [5, 5.41) is 9.70. The molecular formula is C13H18FNO2. The van der Waals surface area contributed by atoms with Crippen LogP contribution < -0.4 is 4.90 Å². The van der Waals surface area contributed by atoms with E-state index in [-0.39, 0.29) is 11.9 Å². The molecule has 1 saturated heterocycles. The Bertz CT molecular complexity index is 395. The first-order valence-electron chi connectivity index (χ1n) is 5.92. The maximum absolute atomic E-state index is 13.8. The zero-order valence-electron chi connectivity index (χ0n) is 10.2. The van der Waals surface area contributed by atoms with Crippen molar-refractivity contribution in [1.29, 1.82) is 0 Å². The van der Waals surface area contributed by atoms with Crippen LogP contribution in [0.2, 0.25) is 0 Å². The quantitative estimate of drug-likeness (QED) is 0.858. The SMILES string of the molecule is CC1COCCN1c1cccc(F)c1[C@H](C)O. The van der Waals surface area contributed by atoms with Crippen molar-refractivity contribution in [3.8, 4) is 0 Å². The van der Waals surface area contributed by atoms with Gasteiger partial charge in [0.2, 0.25) is 0 Å². The largest absolute Gasteiger partial charge is 0.389 e. The van der Waals surface area contributed by atoms with Gasteiger partial charge in [0.05, 0.1) is 19.3 Å². The molecule has 2 atom stereocenters. The average Bonchev–Trinajstić information content (AvgIpc) is 2.28. The van der Waals surface area contributed by atoms with E-state index in [1.165, 1.54) is 6.07 Å². The summed E-state index contributed by atoms with van der Waals surface area (Å²) in [4.78, 5) is 2.09. The first-order valence-corrected chi connectivity index (χ1v) is 5.92. The molecule has 0 amide bonds. The second-order valence-corrected chi connectivity index (χ2v) is 4.47. The summed E-state index contributed by atoms with van der Waals surface area (Å²) < 4.78 is 19.1. The molecule has 1 unspecified atom stereocenters. The molecule has 1 aliphatic heterocycles. The van der Waals surface area contributed by atoms with Gasteiger partial charge in [0.1, 0.15) is 5.82 Å². The van der Waals surface area contributed by atoms with Crippen LogP contribution in [0.5, 0.6) is 0 Å². The van der Waals surface area contributed by atoms with Gasteiger partial charge in [-0.25, -0.2) is 4.39 Å². The van der Waals surface area contributed by atoms with Gasteiger partial charge in [-0.05, 0) is 26.0 Å². The molecular weight excluding hydrogens is 221 g/mol. The van der Waals surface area contributed by atoms with Crippen molar-refractivity contribution >= 4 is 5.69 Å². The molecule has 1 aromatic carbocycles. The van der Waals surface area contributed by atoms with E-state index in [0.29, 0.717) is 18.8 Å². The first kappa shape index (κ1) is 12.3. The van der Waals surface area contributed by atoms with Gasteiger partial charge in [-0.15, -0.1) is 0 Å². The number of morpholine rings is 1. The van der Waals surface area contributed by atoms with Gasteiger partial charge in [-0.1, -0.05) is 6.07 Å². The van der Waals surface area contributed by atoms with Crippen molar-refractivity contribution in [3.05, 3.63) is 29.6 Å². The highest BCUT2D eigenvalue weighted by Gasteiger charge is 2.24. The minimum atomic E-state index is -0.804. The van der Waals surface area contributed by atoms with E-state index < -0.39 is 6.10 Å². The number of rotatable bonds is 2. The monoisotopic (exact) mass is 239 g/mol. The Hall–Kier alpha value is -1.13. The number of hydrogen-bond donors (Lipinski definition) is 1. The third kappa shape index (κ3) is 2.42. The van der Waals surface area contributed by atoms with Crippen LogP contribution in [0.25, 0.3) is 0 Å². The van der Waals surface area contributed by atoms with E-state index in [9.17, 15) is 9.50 Å². The Labute approximate surface area is 101 Å². The van der Waals surface area contributed by atoms with Crippen molar-refractivity contribution in [2.75, 3.05) is 24.7 Å². The minimum Gasteiger partial charge on any atom is -0.389 e. The van der Waals surface area contributed by atoms with Gasteiger partial charge in [-0.2, -0.15) is 0 Å². The van der Waals surface area contributed by atoms with Crippen LogP contribution >= 0.6 is 0 Å². The Morgan fingerprint density at radius 3 is 2.94 bits per heavy atom. The van der Waals surface area contributed by atoms with Gasteiger partial charge in [0.15, 0.2) is 0 Å². The topological polar surface area (TPSA) is 32.7 Å². The number of nitrogens with zero attached hydrogens (tertiary/aromatic N) is 1. The van der Waals surface area contributed by atoms with E-state index in [1.54, 1.807) is 13.0 Å². The molecule has 0 radical (unpaired) electrons. The number of aliphatic hydroxyl groups excluding tert-OH is 1. The average molecular weight is 239 g/mol. The van der Waals surface area contributed by atoms with E-state index in [4.69, 9.17) is 4.74 Å². The normalized spacial score (nSPS) is 22.6. The van der Waals surface area contributed by atoms with Crippen LogP contribution in [0.3, 0.4) is 0 Å². The van der Waals surface area contributed by atoms with E-state index in [1.807, 2.05) is 13.0 Å². The Balaban J connectivity index is 2.40. The molecule has 3 nitrogen and oxygen atoms in total. The third-order valence-electron chi connectivity index (χ3n) is 3.12. The van der Waals surface area contributed by atoms with Crippen molar-refractivity contribution < 1.29 is 14.2 Å². The van der Waals surface area contributed by atoms with Crippen LogP contribution in [0.1, 0.15) is 25.5 Å². The molecule has 1 aromatic rings. The lowest BCUT2D eigenvalue weighted by Gasteiger charge is -2.36. The molecule has 1 fully saturated rings. The molecule has 0 spiro atoms. The van der Waals surface area contributed by atoms with E-state index >= 15 is 0 Å². The maximum atomic E-state index is 13.8. The fourth-order valence-corrected chi connectivity index (χ4v) is 2.27. The lowest BCUT2D eigenvalue weighted by molar-refractivity contribution is 0.0983. The number of benzene rings is 1. The molecule has 94 valence electrons. The molecule has 2 rings (SSSR count). The summed E-state index contributed by atoms with van der Waals surface area (Å²) in [5.74, 6) is -0.351. The molecule has 0 aliphatic carbocycles. The van der Waals surface area contributed by atoms with Gasteiger partial charge in [-0.3, -0.25) is 0 Å². The van der Waals surface area contributed by atoms with Crippen molar-refractivity contribution in [2.45, 2.75) is 26.0 Å². The van der Waals surface area contributed by atoms with E-state index in [0.717, 1.165) is 12.2 Å². The molecule has 4 heteroatoms. The molecule has 1 N–H and O–H groups in total. The van der Waals surface area contributed by atoms with Crippen LogP contribution in [0.4, 0.5) is 10.1 Å². The smallest absolute Gasteiger partial charge is 0.131 e. The van der Waals surface area contributed by atoms with Gasteiger partial charge >= 0.3 is 0 Å². The molecule has 0 saturated carbocycles. The lowest BCUT2D eigenvalue weighted by atomic mass is 10.0. The van der Waals surface area contributed by atoms with Crippen LogP contribution in [0, 0.1) is 5.82 Å². The predicted octanol–water partition coefficient (Wildman–Crippen LogP) is 2.10. The van der Waals surface area contributed by atoms with Crippen molar-refractivity contribution in [3.63, 3.8) is 0 Å². The standard InChI is InChI=1S/C13H18FNO2/c1-9-8-17-7-6-15(9)12-5-3-4-11(14)13(12)10(2)16/h3-5,9-10,16H,6-8H2,1-2H3/t9?,10-/m0/s1. The highest BCUT2D eigenvalue weighted by atomic mass is 19.1. The lowest BCUT2D eigenvalue weighted by Crippen LogP contribution is -2.44. The molecule has 17 heavy (non-hydrogen) atoms. The molecule has 0 bridgehead atoms. The maximum Gasteiger partial charge on any atom is 0.131 e. The highest BCUT2D eigenvalue weighted by Crippen LogP contribution is 2.30. The van der Waals surface area contributed by atoms with Crippen LogP contribution in [-0.2, 0) is 4.74 Å². The number of anilines is 1. The second-order valence-electron chi connectivity index (χ2n) is 4.47.